The molecule has 0 fully saturated rings. The lowest BCUT2D eigenvalue weighted by Gasteiger charge is -2.21. The number of benzene rings is 1. The van der Waals surface area contributed by atoms with E-state index < -0.39 is 29.6 Å². The Labute approximate surface area is 85.0 Å². The Morgan fingerprint density at radius 2 is 1.80 bits per heavy atom. The topological polar surface area (TPSA) is 57.5 Å². The summed E-state index contributed by atoms with van der Waals surface area (Å²) in [6.07, 6.45) is -0.615. The van der Waals surface area contributed by atoms with Gasteiger partial charge in [0.2, 0.25) is 0 Å². The second-order valence-electron chi connectivity index (χ2n) is 3.50. The number of hydrogen-bond donors (Lipinski definition) is 2. The standard InChI is InChI=1S/C10H10F2O3/c1-10(15,5-9(13)14)6-2-7(11)4-8(12)3-6/h2-4,15H,5H2,1H3,(H,13,14)/t10-/m1/s1. The van der Waals surface area contributed by atoms with Crippen LogP contribution in [-0.4, -0.2) is 16.2 Å². The third-order valence-electron chi connectivity index (χ3n) is 1.98. The van der Waals surface area contributed by atoms with Crippen LogP contribution >= 0.6 is 0 Å². The van der Waals surface area contributed by atoms with Crippen molar-refractivity contribution in [2.75, 3.05) is 0 Å². The Balaban J connectivity index is 3.08. The third-order valence-corrected chi connectivity index (χ3v) is 1.98. The van der Waals surface area contributed by atoms with Crippen molar-refractivity contribution in [1.29, 1.82) is 0 Å². The molecule has 82 valence electrons. The van der Waals surface area contributed by atoms with Crippen molar-refractivity contribution in [3.8, 4) is 0 Å². The van der Waals surface area contributed by atoms with E-state index in [0.717, 1.165) is 12.1 Å². The first-order valence-electron chi connectivity index (χ1n) is 4.22. The maximum absolute atomic E-state index is 12.8. The SMILES string of the molecule is C[C@@](O)(CC(=O)O)c1cc(F)cc(F)c1. The minimum Gasteiger partial charge on any atom is -0.481 e. The first-order valence-corrected chi connectivity index (χ1v) is 4.22. The molecule has 0 aliphatic rings. The van der Waals surface area contributed by atoms with Gasteiger partial charge in [-0.3, -0.25) is 4.79 Å². The van der Waals surface area contributed by atoms with E-state index in [9.17, 15) is 18.7 Å². The summed E-state index contributed by atoms with van der Waals surface area (Å²) in [7, 11) is 0. The van der Waals surface area contributed by atoms with Gasteiger partial charge in [-0.2, -0.15) is 0 Å². The van der Waals surface area contributed by atoms with Crippen molar-refractivity contribution in [2.24, 2.45) is 0 Å². The van der Waals surface area contributed by atoms with Gasteiger partial charge < -0.3 is 10.2 Å². The van der Waals surface area contributed by atoms with Crippen LogP contribution in [0.4, 0.5) is 8.78 Å². The summed E-state index contributed by atoms with van der Waals surface area (Å²) in [5.41, 5.74) is -1.88. The van der Waals surface area contributed by atoms with Gasteiger partial charge in [-0.25, -0.2) is 8.78 Å². The van der Waals surface area contributed by atoms with Crippen LogP contribution in [0.5, 0.6) is 0 Å². The molecule has 0 bridgehead atoms. The zero-order valence-corrected chi connectivity index (χ0v) is 8.00. The van der Waals surface area contributed by atoms with E-state index in [1.54, 1.807) is 0 Å². The number of carbonyl (C=O) groups is 1. The summed E-state index contributed by atoms with van der Waals surface area (Å²) in [4.78, 5) is 10.4. The smallest absolute Gasteiger partial charge is 0.306 e. The van der Waals surface area contributed by atoms with E-state index in [-0.39, 0.29) is 5.56 Å². The normalized spacial score (nSPS) is 14.7. The monoisotopic (exact) mass is 216 g/mol. The predicted molar refractivity (Wildman–Crippen MR) is 48.2 cm³/mol. The second kappa shape index (κ2) is 3.94. The molecule has 5 heteroatoms. The van der Waals surface area contributed by atoms with Gasteiger partial charge in [-0.05, 0) is 24.6 Å². The second-order valence-corrected chi connectivity index (χ2v) is 3.50. The predicted octanol–water partition coefficient (Wildman–Crippen LogP) is 1.65. The third kappa shape index (κ3) is 2.99. The largest absolute Gasteiger partial charge is 0.481 e. The molecule has 1 atom stereocenters. The molecule has 0 aromatic heterocycles. The number of halogens is 2. The number of carboxylic acid groups (broad SMARTS) is 1. The number of rotatable bonds is 3. The molecule has 1 aromatic rings. The van der Waals surface area contributed by atoms with Crippen molar-refractivity contribution in [1.82, 2.24) is 0 Å². The molecule has 0 unspecified atom stereocenters. The molecular formula is C10H10F2O3. The average Bonchev–Trinajstić information content (AvgIpc) is 1.99. The highest BCUT2D eigenvalue weighted by atomic mass is 19.1. The molecule has 0 radical (unpaired) electrons. The molecule has 0 heterocycles. The number of hydrogen-bond acceptors (Lipinski definition) is 2. The fourth-order valence-electron chi connectivity index (χ4n) is 1.26. The average molecular weight is 216 g/mol. The zero-order chi connectivity index (χ0) is 11.6. The van der Waals surface area contributed by atoms with Gasteiger partial charge >= 0.3 is 5.97 Å². The highest BCUT2D eigenvalue weighted by molar-refractivity contribution is 5.68. The maximum Gasteiger partial charge on any atom is 0.306 e. The summed E-state index contributed by atoms with van der Waals surface area (Å²) in [5.74, 6) is -2.95. The van der Waals surface area contributed by atoms with E-state index in [1.165, 1.54) is 6.92 Å². The molecule has 15 heavy (non-hydrogen) atoms. The lowest BCUT2D eigenvalue weighted by molar-refractivity contribution is -0.142. The lowest BCUT2D eigenvalue weighted by Crippen LogP contribution is -2.25. The van der Waals surface area contributed by atoms with Gasteiger partial charge in [0.25, 0.3) is 0 Å². The van der Waals surface area contributed by atoms with Gasteiger partial charge in [0.15, 0.2) is 0 Å². The van der Waals surface area contributed by atoms with Crippen LogP contribution in [-0.2, 0) is 10.4 Å². The molecule has 0 saturated heterocycles. The van der Waals surface area contributed by atoms with Crippen LogP contribution in [0.25, 0.3) is 0 Å². The minimum absolute atomic E-state index is 0.0950. The lowest BCUT2D eigenvalue weighted by atomic mass is 9.92. The van der Waals surface area contributed by atoms with Crippen molar-refractivity contribution < 1.29 is 23.8 Å². The highest BCUT2D eigenvalue weighted by Gasteiger charge is 2.27. The van der Waals surface area contributed by atoms with Gasteiger partial charge in [0.05, 0.1) is 12.0 Å². The van der Waals surface area contributed by atoms with E-state index in [0.29, 0.717) is 6.07 Å². The molecule has 1 rings (SSSR count). The van der Waals surface area contributed by atoms with Crippen LogP contribution in [0.2, 0.25) is 0 Å². The van der Waals surface area contributed by atoms with Crippen LogP contribution in [0.1, 0.15) is 18.9 Å². The van der Waals surface area contributed by atoms with E-state index >= 15 is 0 Å². The summed E-state index contributed by atoms with van der Waals surface area (Å²) >= 11 is 0. The summed E-state index contributed by atoms with van der Waals surface area (Å²) < 4.78 is 25.6. The first kappa shape index (κ1) is 11.6. The molecule has 3 nitrogen and oxygen atoms in total. The minimum atomic E-state index is -1.78. The molecule has 1 aromatic carbocycles. The summed E-state index contributed by atoms with van der Waals surface area (Å²) in [6.45, 7) is 1.19. The number of aliphatic carboxylic acids is 1. The van der Waals surface area contributed by atoms with Gasteiger partial charge in [0.1, 0.15) is 11.6 Å². The van der Waals surface area contributed by atoms with Crippen molar-refractivity contribution in [3.05, 3.63) is 35.4 Å². The summed E-state index contributed by atoms with van der Waals surface area (Å²) in [6, 6.07) is 2.47. The quantitative estimate of drug-likeness (QED) is 0.807. The highest BCUT2D eigenvalue weighted by Crippen LogP contribution is 2.25. The van der Waals surface area contributed by atoms with Gasteiger partial charge in [0, 0.05) is 6.07 Å². The Bertz CT molecular complexity index is 368. The Kier molecular flexibility index (Phi) is 3.04. The molecular weight excluding hydrogens is 206 g/mol. The summed E-state index contributed by atoms with van der Waals surface area (Å²) in [5, 5.41) is 18.2. The zero-order valence-electron chi connectivity index (χ0n) is 8.00. The van der Waals surface area contributed by atoms with Crippen molar-refractivity contribution in [2.45, 2.75) is 18.9 Å². The molecule has 0 aliphatic heterocycles. The van der Waals surface area contributed by atoms with Crippen molar-refractivity contribution in [3.63, 3.8) is 0 Å². The van der Waals surface area contributed by atoms with Gasteiger partial charge in [-0.15, -0.1) is 0 Å². The molecule has 2 N–H and O–H groups in total. The van der Waals surface area contributed by atoms with E-state index in [1.807, 2.05) is 0 Å². The maximum atomic E-state index is 12.8. The molecule has 0 amide bonds. The fraction of sp³-hybridized carbons (Fsp3) is 0.300. The van der Waals surface area contributed by atoms with Crippen molar-refractivity contribution >= 4 is 5.97 Å². The Morgan fingerprint density at radius 3 is 2.20 bits per heavy atom. The van der Waals surface area contributed by atoms with Crippen LogP contribution in [0.3, 0.4) is 0 Å². The fourth-order valence-corrected chi connectivity index (χ4v) is 1.26. The van der Waals surface area contributed by atoms with Gasteiger partial charge in [-0.1, -0.05) is 0 Å². The Morgan fingerprint density at radius 1 is 1.33 bits per heavy atom. The molecule has 0 saturated carbocycles. The number of carboxylic acids is 1. The van der Waals surface area contributed by atoms with E-state index in [4.69, 9.17) is 5.11 Å². The van der Waals surface area contributed by atoms with Crippen LogP contribution in [0, 0.1) is 11.6 Å². The first-order chi connectivity index (χ1) is 6.81. The number of aliphatic hydroxyl groups is 1. The van der Waals surface area contributed by atoms with E-state index in [2.05, 4.69) is 0 Å². The van der Waals surface area contributed by atoms with Crippen LogP contribution < -0.4 is 0 Å². The Hall–Kier alpha value is -1.49. The molecule has 0 spiro atoms. The molecule has 0 aliphatic carbocycles. The van der Waals surface area contributed by atoms with Crippen LogP contribution in [0.15, 0.2) is 18.2 Å².